The molecule has 0 aromatic heterocycles. The predicted molar refractivity (Wildman–Crippen MR) is 199 cm³/mol. The van der Waals surface area contributed by atoms with Gasteiger partial charge in [-0.15, -0.1) is 0 Å². The average Bonchev–Trinajstić information content (AvgIpc) is 3.04. The topological polar surface area (TPSA) is 57.5 Å². The van der Waals surface area contributed by atoms with Crippen LogP contribution < -0.4 is 0 Å². The molecule has 0 fully saturated rings. The Balaban J connectivity index is 3.32. The molecule has 270 valence electrons. The lowest BCUT2D eigenvalue weighted by Gasteiger charge is -2.12. The smallest absolute Gasteiger partial charge is 0.306 e. The zero-order chi connectivity index (χ0) is 32.7. The third kappa shape index (κ3) is 37.8. The van der Waals surface area contributed by atoms with Crippen molar-refractivity contribution in [2.45, 2.75) is 251 Å². The summed E-state index contributed by atoms with van der Waals surface area (Å²) < 4.78 is 0. The Morgan fingerprint density at radius 3 is 0.756 bits per heavy atom. The van der Waals surface area contributed by atoms with Crippen LogP contribution in [0.2, 0.25) is 0 Å². The molecule has 0 saturated heterocycles. The summed E-state index contributed by atoms with van der Waals surface area (Å²) in [6, 6.07) is 0. The molecule has 0 aliphatic carbocycles. The number of carbonyl (C=O) groups is 1. The minimum absolute atomic E-state index is 0.115. The first-order valence-electron chi connectivity index (χ1n) is 21.1. The van der Waals surface area contributed by atoms with E-state index >= 15 is 0 Å². The Morgan fingerprint density at radius 2 is 0.556 bits per heavy atom. The summed E-state index contributed by atoms with van der Waals surface area (Å²) in [7, 11) is 0. The van der Waals surface area contributed by atoms with E-state index < -0.39 is 5.97 Å². The molecule has 0 saturated carbocycles. The number of aliphatic hydroxyl groups excluding tert-OH is 1. The summed E-state index contributed by atoms with van der Waals surface area (Å²) in [6.45, 7) is 2.64. The van der Waals surface area contributed by atoms with Crippen molar-refractivity contribution in [3.05, 3.63) is 0 Å². The highest BCUT2D eigenvalue weighted by atomic mass is 16.4. The maximum absolute atomic E-state index is 11.7. The zero-order valence-corrected chi connectivity index (χ0v) is 31.0. The van der Waals surface area contributed by atoms with E-state index in [1.807, 2.05) is 0 Å². The van der Waals surface area contributed by atoms with Gasteiger partial charge in [0.2, 0.25) is 0 Å². The van der Waals surface area contributed by atoms with Crippen LogP contribution in [0.3, 0.4) is 0 Å². The van der Waals surface area contributed by atoms with Crippen molar-refractivity contribution >= 4 is 5.97 Å². The molecule has 45 heavy (non-hydrogen) atoms. The van der Waals surface area contributed by atoms with E-state index in [4.69, 9.17) is 5.11 Å². The Kier molecular flexibility index (Phi) is 39.1. The Labute approximate surface area is 283 Å². The largest absolute Gasteiger partial charge is 0.481 e. The Hall–Kier alpha value is -0.570. The third-order valence-corrected chi connectivity index (χ3v) is 10.2. The number of carboxylic acids is 1. The second kappa shape index (κ2) is 39.6. The lowest BCUT2D eigenvalue weighted by molar-refractivity contribution is -0.142. The molecule has 1 atom stereocenters. The molecule has 0 spiro atoms. The highest BCUT2D eigenvalue weighted by Gasteiger charge is 2.16. The number of aliphatic hydroxyl groups is 1. The summed E-state index contributed by atoms with van der Waals surface area (Å²) in [6.07, 6.45) is 50.4. The van der Waals surface area contributed by atoms with E-state index in [1.54, 1.807) is 0 Å². The van der Waals surface area contributed by atoms with E-state index in [2.05, 4.69) is 6.92 Å². The van der Waals surface area contributed by atoms with Crippen molar-refractivity contribution in [1.29, 1.82) is 0 Å². The molecule has 0 radical (unpaired) electrons. The number of hydrogen-bond acceptors (Lipinski definition) is 2. The molecule has 2 N–H and O–H groups in total. The summed E-state index contributed by atoms with van der Waals surface area (Å²) in [5.41, 5.74) is 0. The second-order valence-electron chi connectivity index (χ2n) is 14.7. The number of aliphatic carboxylic acids is 1. The van der Waals surface area contributed by atoms with Crippen LogP contribution in [0.25, 0.3) is 0 Å². The molecule has 0 aromatic carbocycles. The SMILES string of the molecule is CCCCCCCCCCCCCCCCCCCCCCCCCCC(CCCCCCCCCCCCCCO)C(=O)O. The molecule has 0 aromatic rings. The molecule has 3 heteroatoms. The summed E-state index contributed by atoms with van der Waals surface area (Å²) in [5, 5.41) is 18.4. The maximum Gasteiger partial charge on any atom is 0.306 e. The van der Waals surface area contributed by atoms with Crippen LogP contribution in [0.5, 0.6) is 0 Å². The van der Waals surface area contributed by atoms with Gasteiger partial charge in [-0.05, 0) is 19.3 Å². The standard InChI is InChI=1S/C42H84O3/c1-2-3-4-5-6-7-8-9-10-11-12-13-14-15-16-17-18-19-20-23-26-29-32-35-38-41(42(44)45)39-36-33-30-27-24-21-22-25-28-31-34-37-40-43/h41,43H,2-40H2,1H3,(H,44,45). The van der Waals surface area contributed by atoms with E-state index in [0.29, 0.717) is 6.61 Å². The Morgan fingerprint density at radius 1 is 0.356 bits per heavy atom. The van der Waals surface area contributed by atoms with Gasteiger partial charge in [-0.2, -0.15) is 0 Å². The van der Waals surface area contributed by atoms with E-state index in [0.717, 1.165) is 32.1 Å². The molecular weight excluding hydrogens is 552 g/mol. The lowest BCUT2D eigenvalue weighted by atomic mass is 9.94. The van der Waals surface area contributed by atoms with Gasteiger partial charge in [-0.1, -0.05) is 232 Å². The fourth-order valence-corrected chi connectivity index (χ4v) is 7.01. The van der Waals surface area contributed by atoms with Crippen molar-refractivity contribution in [3.63, 3.8) is 0 Å². The summed E-state index contributed by atoms with van der Waals surface area (Å²) in [5.74, 6) is -0.682. The van der Waals surface area contributed by atoms with Gasteiger partial charge >= 0.3 is 5.97 Å². The van der Waals surface area contributed by atoms with Crippen molar-refractivity contribution in [1.82, 2.24) is 0 Å². The summed E-state index contributed by atoms with van der Waals surface area (Å²) >= 11 is 0. The quantitative estimate of drug-likeness (QED) is 0.0658. The van der Waals surface area contributed by atoms with Gasteiger partial charge in [0.15, 0.2) is 0 Å². The van der Waals surface area contributed by atoms with Crippen LogP contribution in [0.1, 0.15) is 251 Å². The fraction of sp³-hybridized carbons (Fsp3) is 0.976. The highest BCUT2D eigenvalue weighted by molar-refractivity contribution is 5.69. The highest BCUT2D eigenvalue weighted by Crippen LogP contribution is 2.21. The zero-order valence-electron chi connectivity index (χ0n) is 31.0. The summed E-state index contributed by atoms with van der Waals surface area (Å²) in [4.78, 5) is 11.7. The average molecular weight is 637 g/mol. The first-order chi connectivity index (χ1) is 22.2. The van der Waals surface area contributed by atoms with E-state index in [1.165, 1.54) is 212 Å². The molecule has 3 nitrogen and oxygen atoms in total. The van der Waals surface area contributed by atoms with E-state index in [9.17, 15) is 9.90 Å². The van der Waals surface area contributed by atoms with E-state index in [-0.39, 0.29) is 5.92 Å². The Bertz CT molecular complexity index is 548. The number of hydrogen-bond donors (Lipinski definition) is 2. The van der Waals surface area contributed by atoms with Gasteiger partial charge in [0.25, 0.3) is 0 Å². The van der Waals surface area contributed by atoms with Crippen molar-refractivity contribution in [2.75, 3.05) is 6.61 Å². The molecule has 0 heterocycles. The van der Waals surface area contributed by atoms with Gasteiger partial charge in [0.05, 0.1) is 5.92 Å². The minimum Gasteiger partial charge on any atom is -0.481 e. The van der Waals surface area contributed by atoms with Crippen LogP contribution in [0, 0.1) is 5.92 Å². The normalized spacial score (nSPS) is 12.2. The molecular formula is C42H84O3. The van der Waals surface area contributed by atoms with Crippen molar-refractivity contribution in [2.24, 2.45) is 5.92 Å². The van der Waals surface area contributed by atoms with Gasteiger partial charge in [0.1, 0.15) is 0 Å². The molecule has 0 amide bonds. The number of carboxylic acid groups (broad SMARTS) is 1. The van der Waals surface area contributed by atoms with Crippen molar-refractivity contribution in [3.8, 4) is 0 Å². The first-order valence-corrected chi connectivity index (χ1v) is 21.1. The van der Waals surface area contributed by atoms with Gasteiger partial charge in [-0.3, -0.25) is 4.79 Å². The first kappa shape index (κ1) is 44.4. The van der Waals surface area contributed by atoms with Crippen LogP contribution in [-0.2, 0) is 4.79 Å². The second-order valence-corrected chi connectivity index (χ2v) is 14.7. The monoisotopic (exact) mass is 637 g/mol. The van der Waals surface area contributed by atoms with Crippen molar-refractivity contribution < 1.29 is 15.0 Å². The molecule has 0 bridgehead atoms. The molecule has 0 aliphatic rings. The van der Waals surface area contributed by atoms with Crippen LogP contribution >= 0.6 is 0 Å². The molecule has 1 unspecified atom stereocenters. The molecule has 0 rings (SSSR count). The predicted octanol–water partition coefficient (Wildman–Crippen LogP) is 14.5. The maximum atomic E-state index is 11.7. The minimum atomic E-state index is -0.567. The van der Waals surface area contributed by atoms with Gasteiger partial charge < -0.3 is 10.2 Å². The lowest BCUT2D eigenvalue weighted by Crippen LogP contribution is -2.13. The van der Waals surface area contributed by atoms with Gasteiger partial charge in [-0.25, -0.2) is 0 Å². The van der Waals surface area contributed by atoms with Crippen LogP contribution in [0.15, 0.2) is 0 Å². The van der Waals surface area contributed by atoms with Crippen LogP contribution in [-0.4, -0.2) is 22.8 Å². The molecule has 0 aliphatic heterocycles. The van der Waals surface area contributed by atoms with Gasteiger partial charge in [0, 0.05) is 6.61 Å². The van der Waals surface area contributed by atoms with Crippen LogP contribution in [0.4, 0.5) is 0 Å². The fourth-order valence-electron chi connectivity index (χ4n) is 7.01. The number of unbranched alkanes of at least 4 members (excludes halogenated alkanes) is 34. The third-order valence-electron chi connectivity index (χ3n) is 10.2. The number of rotatable bonds is 40.